The third-order valence-corrected chi connectivity index (χ3v) is 3.74. The summed E-state index contributed by atoms with van der Waals surface area (Å²) in [5, 5.41) is 9.19. The van der Waals surface area contributed by atoms with Crippen molar-refractivity contribution in [1.82, 2.24) is 4.98 Å². The van der Waals surface area contributed by atoms with E-state index in [0.717, 1.165) is 0 Å². The molecule has 0 radical (unpaired) electrons. The standard InChI is InChI=1S/C14H13Cl2NO5/c1-20-7-5-4-6(11(21-2)12(7)22-3)8-9(15)10(14(18)19)17-13(8)16/h4-5,17H,1-3H3,(H,18,19). The van der Waals surface area contributed by atoms with E-state index in [1.165, 1.54) is 21.3 Å². The number of methoxy groups -OCH3 is 3. The molecule has 0 amide bonds. The first-order valence-electron chi connectivity index (χ1n) is 6.05. The number of hydrogen-bond donors (Lipinski definition) is 2. The van der Waals surface area contributed by atoms with Crippen LogP contribution < -0.4 is 14.2 Å². The van der Waals surface area contributed by atoms with Crippen molar-refractivity contribution in [2.75, 3.05) is 21.3 Å². The Balaban J connectivity index is 2.76. The molecular weight excluding hydrogens is 333 g/mol. The van der Waals surface area contributed by atoms with E-state index in [9.17, 15) is 4.79 Å². The van der Waals surface area contributed by atoms with Crippen LogP contribution in [-0.4, -0.2) is 37.4 Å². The molecule has 2 N–H and O–H groups in total. The minimum Gasteiger partial charge on any atom is -0.493 e. The van der Waals surface area contributed by atoms with Gasteiger partial charge in [-0.15, -0.1) is 0 Å². The number of carboxylic acids is 1. The van der Waals surface area contributed by atoms with Crippen LogP contribution in [0, 0.1) is 0 Å². The highest BCUT2D eigenvalue weighted by molar-refractivity contribution is 6.41. The number of ether oxygens (including phenoxy) is 3. The van der Waals surface area contributed by atoms with Crippen molar-refractivity contribution in [2.45, 2.75) is 0 Å². The number of aromatic carboxylic acids is 1. The van der Waals surface area contributed by atoms with Gasteiger partial charge < -0.3 is 24.3 Å². The minimum absolute atomic E-state index is 0.0111. The Morgan fingerprint density at radius 3 is 2.18 bits per heavy atom. The second kappa shape index (κ2) is 6.37. The molecule has 1 aromatic heterocycles. The summed E-state index contributed by atoms with van der Waals surface area (Å²) in [6.07, 6.45) is 0. The Morgan fingerprint density at radius 1 is 1.09 bits per heavy atom. The van der Waals surface area contributed by atoms with Gasteiger partial charge in [-0.1, -0.05) is 23.2 Å². The van der Waals surface area contributed by atoms with Crippen LogP contribution in [0.2, 0.25) is 10.2 Å². The first-order valence-corrected chi connectivity index (χ1v) is 6.81. The molecule has 0 aliphatic heterocycles. The quantitative estimate of drug-likeness (QED) is 0.863. The van der Waals surface area contributed by atoms with Crippen LogP contribution >= 0.6 is 23.2 Å². The molecule has 0 aliphatic carbocycles. The third kappa shape index (κ3) is 2.55. The zero-order valence-corrected chi connectivity index (χ0v) is 13.5. The lowest BCUT2D eigenvalue weighted by Gasteiger charge is -2.15. The Labute approximate surface area is 136 Å². The van der Waals surface area contributed by atoms with Crippen molar-refractivity contribution in [2.24, 2.45) is 0 Å². The van der Waals surface area contributed by atoms with Crippen LogP contribution in [0.3, 0.4) is 0 Å². The summed E-state index contributed by atoms with van der Waals surface area (Å²) in [5.41, 5.74) is 0.607. The van der Waals surface area contributed by atoms with Crippen molar-refractivity contribution in [3.05, 3.63) is 28.0 Å². The van der Waals surface area contributed by atoms with Crippen LogP contribution in [0.4, 0.5) is 0 Å². The average molecular weight is 346 g/mol. The Morgan fingerprint density at radius 2 is 1.73 bits per heavy atom. The molecule has 1 aromatic carbocycles. The van der Waals surface area contributed by atoms with E-state index in [-0.39, 0.29) is 15.9 Å². The van der Waals surface area contributed by atoms with Crippen molar-refractivity contribution >= 4 is 29.2 Å². The SMILES string of the molecule is COc1ccc(-c2c(Cl)[nH]c(C(=O)O)c2Cl)c(OC)c1OC. The molecule has 6 nitrogen and oxygen atoms in total. The van der Waals surface area contributed by atoms with Crippen molar-refractivity contribution in [1.29, 1.82) is 0 Å². The van der Waals surface area contributed by atoms with Gasteiger partial charge in [0.25, 0.3) is 0 Å². The number of aromatic amines is 1. The Bertz CT molecular complexity index is 727. The van der Waals surface area contributed by atoms with Gasteiger partial charge in [0.1, 0.15) is 10.8 Å². The van der Waals surface area contributed by atoms with Gasteiger partial charge in [-0.25, -0.2) is 4.79 Å². The molecule has 0 spiro atoms. The Kier molecular flexibility index (Phi) is 4.73. The van der Waals surface area contributed by atoms with E-state index in [1.54, 1.807) is 12.1 Å². The molecule has 2 aromatic rings. The fourth-order valence-electron chi connectivity index (χ4n) is 2.13. The number of hydrogen-bond acceptors (Lipinski definition) is 4. The van der Waals surface area contributed by atoms with E-state index in [0.29, 0.717) is 28.4 Å². The highest BCUT2D eigenvalue weighted by Gasteiger charge is 2.25. The molecule has 0 saturated carbocycles. The largest absolute Gasteiger partial charge is 0.493 e. The number of halogens is 2. The van der Waals surface area contributed by atoms with Gasteiger partial charge in [0.2, 0.25) is 5.75 Å². The molecule has 1 heterocycles. The van der Waals surface area contributed by atoms with E-state index in [1.807, 2.05) is 0 Å². The van der Waals surface area contributed by atoms with Gasteiger partial charge in [0.05, 0.1) is 26.4 Å². The summed E-state index contributed by atoms with van der Waals surface area (Å²) in [6, 6.07) is 3.31. The van der Waals surface area contributed by atoms with Gasteiger partial charge in [0, 0.05) is 11.1 Å². The molecule has 0 saturated heterocycles. The second-order valence-electron chi connectivity index (χ2n) is 4.19. The summed E-state index contributed by atoms with van der Waals surface area (Å²) in [6.45, 7) is 0. The molecular formula is C14H13Cl2NO5. The summed E-state index contributed by atoms with van der Waals surface area (Å²) < 4.78 is 15.9. The molecule has 0 aliphatic rings. The van der Waals surface area contributed by atoms with Gasteiger partial charge >= 0.3 is 5.97 Å². The smallest absolute Gasteiger partial charge is 0.353 e. The number of carboxylic acid groups (broad SMARTS) is 1. The van der Waals surface area contributed by atoms with Crippen LogP contribution in [-0.2, 0) is 0 Å². The maximum atomic E-state index is 11.1. The minimum atomic E-state index is -1.21. The zero-order chi connectivity index (χ0) is 16.4. The first kappa shape index (κ1) is 16.3. The molecule has 0 atom stereocenters. The topological polar surface area (TPSA) is 80.8 Å². The highest BCUT2D eigenvalue weighted by Crippen LogP contribution is 2.48. The van der Waals surface area contributed by atoms with Crippen LogP contribution in [0.1, 0.15) is 10.5 Å². The summed E-state index contributed by atoms with van der Waals surface area (Å²) in [7, 11) is 4.41. The monoisotopic (exact) mass is 345 g/mol. The van der Waals surface area contributed by atoms with Crippen LogP contribution in [0.25, 0.3) is 11.1 Å². The number of H-pyrrole nitrogens is 1. The van der Waals surface area contributed by atoms with Gasteiger partial charge in [-0.05, 0) is 12.1 Å². The maximum Gasteiger partial charge on any atom is 0.353 e. The third-order valence-electron chi connectivity index (χ3n) is 3.08. The molecule has 8 heteroatoms. The van der Waals surface area contributed by atoms with Crippen molar-refractivity contribution in [3.63, 3.8) is 0 Å². The lowest BCUT2D eigenvalue weighted by molar-refractivity contribution is 0.0691. The summed E-state index contributed by atoms with van der Waals surface area (Å²) in [4.78, 5) is 13.7. The average Bonchev–Trinajstić information content (AvgIpc) is 2.80. The highest BCUT2D eigenvalue weighted by atomic mass is 35.5. The van der Waals surface area contributed by atoms with Crippen LogP contribution in [0.5, 0.6) is 17.2 Å². The number of nitrogens with one attached hydrogen (secondary N) is 1. The molecule has 0 fully saturated rings. The van der Waals surface area contributed by atoms with Gasteiger partial charge in [-0.2, -0.15) is 0 Å². The van der Waals surface area contributed by atoms with E-state index in [2.05, 4.69) is 4.98 Å². The van der Waals surface area contributed by atoms with E-state index in [4.69, 9.17) is 42.5 Å². The zero-order valence-electron chi connectivity index (χ0n) is 12.0. The number of aromatic nitrogens is 1. The molecule has 2 rings (SSSR count). The van der Waals surface area contributed by atoms with Crippen molar-refractivity contribution in [3.8, 4) is 28.4 Å². The maximum absolute atomic E-state index is 11.1. The van der Waals surface area contributed by atoms with E-state index >= 15 is 0 Å². The van der Waals surface area contributed by atoms with E-state index < -0.39 is 5.97 Å². The second-order valence-corrected chi connectivity index (χ2v) is 4.95. The van der Waals surface area contributed by atoms with Gasteiger partial charge in [-0.3, -0.25) is 0 Å². The predicted octanol–water partition coefficient (Wildman–Crippen LogP) is 3.71. The first-order chi connectivity index (χ1) is 10.5. The van der Waals surface area contributed by atoms with Gasteiger partial charge in [0.15, 0.2) is 11.5 Å². The number of carbonyl (C=O) groups is 1. The van der Waals surface area contributed by atoms with Crippen LogP contribution in [0.15, 0.2) is 12.1 Å². The molecule has 22 heavy (non-hydrogen) atoms. The lowest BCUT2D eigenvalue weighted by atomic mass is 10.1. The Hall–Kier alpha value is -2.05. The fourth-order valence-corrected chi connectivity index (χ4v) is 2.79. The molecule has 118 valence electrons. The fraction of sp³-hybridized carbons (Fsp3) is 0.214. The summed E-state index contributed by atoms with van der Waals surface area (Å²) in [5.74, 6) is -0.0590. The molecule has 0 unspecified atom stereocenters. The summed E-state index contributed by atoms with van der Waals surface area (Å²) >= 11 is 12.2. The normalized spacial score (nSPS) is 10.4. The number of benzene rings is 1. The van der Waals surface area contributed by atoms with Crippen molar-refractivity contribution < 1.29 is 24.1 Å². The number of rotatable bonds is 5. The lowest BCUT2D eigenvalue weighted by Crippen LogP contribution is -1.98. The molecule has 0 bridgehead atoms. The predicted molar refractivity (Wildman–Crippen MR) is 82.9 cm³/mol.